The molecule has 3 amide bonds. The molecule has 2 heterocycles. The Morgan fingerprint density at radius 1 is 1.09 bits per heavy atom. The fraction of sp³-hybridized carbons (Fsp3) is 0.258. The van der Waals surface area contributed by atoms with Gasteiger partial charge in [0.25, 0.3) is 17.7 Å². The van der Waals surface area contributed by atoms with Crippen molar-refractivity contribution >= 4 is 44.4 Å². The summed E-state index contributed by atoms with van der Waals surface area (Å²) in [7, 11) is -2.73. The number of carbonyl (C=O) groups excluding carboxylic acids is 3. The third-order valence-electron chi connectivity index (χ3n) is 7.60. The molecule has 1 atom stereocenters. The number of nitrogens with two attached hydrogens (primary N) is 1. The van der Waals surface area contributed by atoms with Gasteiger partial charge in [-0.2, -0.15) is 0 Å². The van der Waals surface area contributed by atoms with E-state index in [0.29, 0.717) is 10.5 Å². The molecule has 46 heavy (non-hydrogen) atoms. The highest BCUT2D eigenvalue weighted by Crippen LogP contribution is 2.42. The zero-order valence-electron chi connectivity index (χ0n) is 24.5. The van der Waals surface area contributed by atoms with Crippen LogP contribution in [-0.4, -0.2) is 76.1 Å². The van der Waals surface area contributed by atoms with Gasteiger partial charge in [0.05, 0.1) is 30.6 Å². The number of likely N-dealkylation sites (tertiary alicyclic amines) is 1. The minimum Gasteiger partial charge on any atom is -0.455 e. The van der Waals surface area contributed by atoms with Crippen LogP contribution < -0.4 is 15.4 Å². The van der Waals surface area contributed by atoms with Gasteiger partial charge in [-0.05, 0) is 48.0 Å². The monoisotopic (exact) mass is 660 g/mol. The molecule has 1 aliphatic heterocycles. The van der Waals surface area contributed by atoms with E-state index in [4.69, 9.17) is 10.2 Å². The lowest BCUT2D eigenvalue weighted by atomic mass is 9.97. The topological polar surface area (TPSA) is 143 Å². The normalized spacial score (nSPS) is 16.0. The molecule has 0 spiro atoms. The molecule has 15 heteroatoms. The Kier molecular flexibility index (Phi) is 8.55. The summed E-state index contributed by atoms with van der Waals surface area (Å²) in [4.78, 5) is 39.2. The minimum atomic E-state index is -4.11. The van der Waals surface area contributed by atoms with Gasteiger partial charge in [0, 0.05) is 41.6 Å². The largest absolute Gasteiger partial charge is 0.455 e. The van der Waals surface area contributed by atoms with E-state index in [1.165, 1.54) is 67.7 Å². The molecule has 0 saturated carbocycles. The Labute approximate surface area is 260 Å². The summed E-state index contributed by atoms with van der Waals surface area (Å²) < 4.78 is 88.5. The lowest BCUT2D eigenvalue weighted by molar-refractivity contribution is -0.121. The maximum atomic E-state index is 14.2. The van der Waals surface area contributed by atoms with E-state index in [9.17, 15) is 40.4 Å². The molecule has 0 radical (unpaired) electrons. The zero-order chi connectivity index (χ0) is 33.6. The molecule has 242 valence electrons. The van der Waals surface area contributed by atoms with Crippen molar-refractivity contribution in [3.05, 3.63) is 77.6 Å². The number of nitrogens with zero attached hydrogens (tertiary/aromatic N) is 2. The van der Waals surface area contributed by atoms with Crippen molar-refractivity contribution < 1.29 is 44.8 Å². The number of hydrogen-bond acceptors (Lipinski definition) is 6. The molecule has 1 aromatic heterocycles. The fourth-order valence-electron chi connectivity index (χ4n) is 5.54. The number of rotatable bonds is 9. The molecule has 0 unspecified atom stereocenters. The average Bonchev–Trinajstić information content (AvgIpc) is 3.55. The molecule has 0 bridgehead atoms. The SMILES string of the molecule is CNC(=O)c1c(-c2ccc(F)cc2)oc2cc(N(CCF)S(C)(=O)=O)c(-c3cccc(C(=O)N4CC(F)(F)C[C@H]4C(N)=O)c3)cc12. The maximum Gasteiger partial charge on any atom is 0.267 e. The first-order chi connectivity index (χ1) is 21.6. The van der Waals surface area contributed by atoms with Gasteiger partial charge in [0.1, 0.15) is 29.9 Å². The quantitative estimate of drug-likeness (QED) is 0.256. The Hall–Kier alpha value is -4.92. The van der Waals surface area contributed by atoms with Crippen molar-refractivity contribution in [1.29, 1.82) is 0 Å². The van der Waals surface area contributed by atoms with Crippen LogP contribution in [0.2, 0.25) is 0 Å². The zero-order valence-corrected chi connectivity index (χ0v) is 25.3. The average molecular weight is 661 g/mol. The number of carbonyl (C=O) groups is 3. The number of anilines is 1. The summed E-state index contributed by atoms with van der Waals surface area (Å²) in [6.07, 6.45) is -0.0591. The predicted octanol–water partition coefficient (Wildman–Crippen LogP) is 4.34. The lowest BCUT2D eigenvalue weighted by Crippen LogP contribution is -2.43. The highest BCUT2D eigenvalue weighted by molar-refractivity contribution is 7.92. The van der Waals surface area contributed by atoms with Gasteiger partial charge in [-0.3, -0.25) is 18.7 Å². The van der Waals surface area contributed by atoms with Crippen LogP contribution in [0.5, 0.6) is 0 Å². The molecule has 1 fully saturated rings. The third-order valence-corrected chi connectivity index (χ3v) is 8.78. The summed E-state index contributed by atoms with van der Waals surface area (Å²) in [6.45, 7) is -2.69. The summed E-state index contributed by atoms with van der Waals surface area (Å²) in [6, 6.07) is 11.9. The van der Waals surface area contributed by atoms with Gasteiger partial charge in [0.15, 0.2) is 0 Å². The van der Waals surface area contributed by atoms with Crippen molar-refractivity contribution in [2.75, 3.05) is 37.4 Å². The Bertz CT molecular complexity index is 1960. The lowest BCUT2D eigenvalue weighted by Gasteiger charge is -2.25. The van der Waals surface area contributed by atoms with Crippen molar-refractivity contribution in [1.82, 2.24) is 10.2 Å². The summed E-state index contributed by atoms with van der Waals surface area (Å²) in [5, 5.41) is 2.72. The van der Waals surface area contributed by atoms with Crippen LogP contribution in [-0.2, 0) is 14.8 Å². The number of sulfonamides is 1. The number of fused-ring (bicyclic) bond motifs is 1. The third kappa shape index (κ3) is 6.14. The highest BCUT2D eigenvalue weighted by atomic mass is 32.2. The fourth-order valence-corrected chi connectivity index (χ4v) is 6.45. The van der Waals surface area contributed by atoms with Crippen LogP contribution in [0.25, 0.3) is 33.4 Å². The van der Waals surface area contributed by atoms with E-state index in [-0.39, 0.29) is 44.7 Å². The van der Waals surface area contributed by atoms with Crippen LogP contribution >= 0.6 is 0 Å². The van der Waals surface area contributed by atoms with Gasteiger partial charge in [0.2, 0.25) is 15.9 Å². The minimum absolute atomic E-state index is 0.0316. The molecule has 10 nitrogen and oxygen atoms in total. The van der Waals surface area contributed by atoms with Crippen LogP contribution in [0, 0.1) is 5.82 Å². The van der Waals surface area contributed by atoms with Crippen LogP contribution in [0.15, 0.2) is 65.1 Å². The molecular weight excluding hydrogens is 632 g/mol. The van der Waals surface area contributed by atoms with Crippen molar-refractivity contribution in [2.24, 2.45) is 5.73 Å². The van der Waals surface area contributed by atoms with Crippen LogP contribution in [0.3, 0.4) is 0 Å². The number of primary amides is 1. The second-order valence-corrected chi connectivity index (χ2v) is 12.7. The number of alkyl halides is 3. The van der Waals surface area contributed by atoms with E-state index < -0.39 is 71.7 Å². The standard InChI is InChI=1S/C31H28F4N4O6S/c1-37-29(41)26-22-13-21(18-4-3-5-19(12-18)30(42)38-16-31(34,35)15-24(38)28(36)40)23(39(11-10-32)46(2,43)44)14-25(22)45-27(26)17-6-8-20(33)9-7-17/h3-9,12-14,24H,10-11,15-16H2,1-2H3,(H2,36,40)(H,37,41)/t24-/m0/s1. The first kappa shape index (κ1) is 32.5. The molecule has 5 rings (SSSR count). The molecule has 3 N–H and O–H groups in total. The molecule has 0 aliphatic carbocycles. The van der Waals surface area contributed by atoms with E-state index >= 15 is 0 Å². The number of amides is 3. The van der Waals surface area contributed by atoms with Crippen molar-refractivity contribution in [2.45, 2.75) is 18.4 Å². The van der Waals surface area contributed by atoms with Gasteiger partial charge < -0.3 is 20.4 Å². The molecule has 1 aliphatic rings. The summed E-state index contributed by atoms with van der Waals surface area (Å²) in [5.41, 5.74) is 5.85. The van der Waals surface area contributed by atoms with E-state index in [1.54, 1.807) is 0 Å². The maximum absolute atomic E-state index is 14.2. The molecule has 4 aromatic rings. The van der Waals surface area contributed by atoms with Gasteiger partial charge in [-0.25, -0.2) is 26.0 Å². The first-order valence-corrected chi connectivity index (χ1v) is 15.7. The molecular formula is C31H28F4N4O6S. The highest BCUT2D eigenvalue weighted by Gasteiger charge is 2.49. The Morgan fingerprint density at radius 3 is 2.39 bits per heavy atom. The van der Waals surface area contributed by atoms with E-state index in [1.807, 2.05) is 0 Å². The van der Waals surface area contributed by atoms with Gasteiger partial charge in [-0.1, -0.05) is 12.1 Å². The summed E-state index contributed by atoms with van der Waals surface area (Å²) in [5.74, 6) is -6.42. The Balaban J connectivity index is 1.75. The smallest absolute Gasteiger partial charge is 0.267 e. The van der Waals surface area contributed by atoms with Crippen LogP contribution in [0.1, 0.15) is 27.1 Å². The number of benzene rings is 3. The number of halogens is 4. The van der Waals surface area contributed by atoms with Crippen molar-refractivity contribution in [3.8, 4) is 22.5 Å². The van der Waals surface area contributed by atoms with Gasteiger partial charge in [-0.15, -0.1) is 0 Å². The number of nitrogens with one attached hydrogen (secondary N) is 1. The first-order valence-electron chi connectivity index (χ1n) is 13.9. The molecule has 3 aromatic carbocycles. The second kappa shape index (κ2) is 12.1. The molecule has 1 saturated heterocycles. The van der Waals surface area contributed by atoms with Crippen molar-refractivity contribution in [3.63, 3.8) is 0 Å². The van der Waals surface area contributed by atoms with Crippen LogP contribution in [0.4, 0.5) is 23.2 Å². The van der Waals surface area contributed by atoms with E-state index in [2.05, 4.69) is 5.32 Å². The summed E-state index contributed by atoms with van der Waals surface area (Å²) >= 11 is 0. The van der Waals surface area contributed by atoms with Gasteiger partial charge >= 0.3 is 0 Å². The van der Waals surface area contributed by atoms with E-state index in [0.717, 1.165) is 10.6 Å². The number of hydrogen-bond donors (Lipinski definition) is 2. The Morgan fingerprint density at radius 2 is 1.78 bits per heavy atom. The second-order valence-electron chi connectivity index (χ2n) is 10.8. The number of furan rings is 1. The predicted molar refractivity (Wildman–Crippen MR) is 162 cm³/mol.